The van der Waals surface area contributed by atoms with E-state index in [4.69, 9.17) is 5.26 Å². The Labute approximate surface area is 144 Å². The van der Waals surface area contributed by atoms with Gasteiger partial charge in [0.2, 0.25) is 5.91 Å². The predicted octanol–water partition coefficient (Wildman–Crippen LogP) is 2.16. The molecule has 2 aromatic heterocycles. The second-order valence-corrected chi connectivity index (χ2v) is 6.03. The van der Waals surface area contributed by atoms with Crippen LogP contribution in [0.15, 0.2) is 49.1 Å². The molecule has 7 heteroatoms. The first-order chi connectivity index (χ1) is 12.2. The van der Waals surface area contributed by atoms with E-state index in [1.54, 1.807) is 23.6 Å². The fraction of sp³-hybridized carbons (Fsp3) is 0.222. The van der Waals surface area contributed by atoms with Gasteiger partial charge in [0.15, 0.2) is 12.0 Å². The number of carbonyl (C=O) groups is 1. The van der Waals surface area contributed by atoms with Gasteiger partial charge in [0.25, 0.3) is 0 Å². The van der Waals surface area contributed by atoms with Crippen LogP contribution >= 0.6 is 0 Å². The van der Waals surface area contributed by atoms with Crippen LogP contribution in [-0.4, -0.2) is 38.4 Å². The topological polar surface area (TPSA) is 86.8 Å². The molecule has 124 valence electrons. The van der Waals surface area contributed by atoms with Gasteiger partial charge in [-0.25, -0.2) is 4.98 Å². The van der Waals surface area contributed by atoms with Crippen LogP contribution in [0.5, 0.6) is 0 Å². The lowest BCUT2D eigenvalue weighted by Crippen LogP contribution is -2.25. The maximum atomic E-state index is 12.3. The summed E-state index contributed by atoms with van der Waals surface area (Å²) in [7, 11) is 0. The van der Waals surface area contributed by atoms with Gasteiger partial charge >= 0.3 is 0 Å². The van der Waals surface area contributed by atoms with Crippen molar-refractivity contribution in [3.8, 4) is 11.9 Å². The van der Waals surface area contributed by atoms with Crippen molar-refractivity contribution in [1.29, 1.82) is 5.26 Å². The standard InChI is InChI=1S/C18H16N6O/c19-11-23-8-6-13(9-23)18(25)22-17-10-24(12-21-17)16-5-7-20-15-4-2-1-3-14(15)16/h1-5,7,10,12-13H,6,8-9H2,(H,22,25). The zero-order chi connectivity index (χ0) is 17.2. The van der Waals surface area contributed by atoms with Crippen molar-refractivity contribution in [2.24, 2.45) is 5.92 Å². The average Bonchev–Trinajstić information content (AvgIpc) is 3.30. The molecule has 0 saturated carbocycles. The van der Waals surface area contributed by atoms with Crippen LogP contribution in [0.1, 0.15) is 6.42 Å². The number of carbonyl (C=O) groups excluding carboxylic acids is 1. The maximum absolute atomic E-state index is 12.3. The second kappa shape index (κ2) is 6.24. The molecule has 0 spiro atoms. The molecule has 7 nitrogen and oxygen atoms in total. The van der Waals surface area contributed by atoms with Gasteiger partial charge in [-0.3, -0.25) is 9.78 Å². The molecule has 1 N–H and O–H groups in total. The van der Waals surface area contributed by atoms with Crippen molar-refractivity contribution in [3.63, 3.8) is 0 Å². The number of likely N-dealkylation sites (tertiary alicyclic amines) is 1. The molecular weight excluding hydrogens is 316 g/mol. The van der Waals surface area contributed by atoms with Crippen LogP contribution in [0.2, 0.25) is 0 Å². The third kappa shape index (κ3) is 2.90. The van der Waals surface area contributed by atoms with Crippen LogP contribution in [-0.2, 0) is 4.79 Å². The molecule has 0 bridgehead atoms. The van der Waals surface area contributed by atoms with Crippen LogP contribution in [0.3, 0.4) is 0 Å². The van der Waals surface area contributed by atoms with E-state index in [1.165, 1.54) is 0 Å². The summed E-state index contributed by atoms with van der Waals surface area (Å²) in [4.78, 5) is 22.6. The molecule has 1 unspecified atom stereocenters. The van der Waals surface area contributed by atoms with Gasteiger partial charge in [-0.2, -0.15) is 5.26 Å². The molecule has 1 saturated heterocycles. The van der Waals surface area contributed by atoms with Gasteiger partial charge in [-0.1, -0.05) is 18.2 Å². The Hall–Kier alpha value is -3.40. The van der Waals surface area contributed by atoms with Gasteiger partial charge in [0, 0.05) is 24.7 Å². The minimum absolute atomic E-state index is 0.0948. The van der Waals surface area contributed by atoms with E-state index in [1.807, 2.05) is 34.9 Å². The number of pyridine rings is 1. The Bertz CT molecular complexity index is 968. The Kier molecular flexibility index (Phi) is 3.78. The monoisotopic (exact) mass is 332 g/mol. The van der Waals surface area contributed by atoms with Crippen molar-refractivity contribution >= 4 is 22.6 Å². The number of fused-ring (bicyclic) bond motifs is 1. The minimum atomic E-state index is -0.174. The van der Waals surface area contributed by atoms with Crippen molar-refractivity contribution in [2.75, 3.05) is 18.4 Å². The maximum Gasteiger partial charge on any atom is 0.230 e. The van der Waals surface area contributed by atoms with Gasteiger partial charge in [0.1, 0.15) is 6.33 Å². The summed E-state index contributed by atoms with van der Waals surface area (Å²) in [6.07, 6.45) is 7.99. The van der Waals surface area contributed by atoms with Crippen LogP contribution < -0.4 is 5.32 Å². The molecule has 25 heavy (non-hydrogen) atoms. The van der Waals surface area contributed by atoms with E-state index in [9.17, 15) is 4.79 Å². The molecule has 0 radical (unpaired) electrons. The molecule has 1 aliphatic rings. The molecule has 1 amide bonds. The largest absolute Gasteiger partial charge is 0.310 e. The number of nitrogens with one attached hydrogen (secondary N) is 1. The second-order valence-electron chi connectivity index (χ2n) is 6.03. The normalized spacial score (nSPS) is 16.8. The van der Waals surface area contributed by atoms with Gasteiger partial charge in [-0.15, -0.1) is 0 Å². The van der Waals surface area contributed by atoms with E-state index in [0.717, 1.165) is 16.6 Å². The Morgan fingerprint density at radius 3 is 3.00 bits per heavy atom. The number of imidazole rings is 1. The zero-order valence-corrected chi connectivity index (χ0v) is 13.5. The zero-order valence-electron chi connectivity index (χ0n) is 13.5. The summed E-state index contributed by atoms with van der Waals surface area (Å²) in [5.74, 6) is 0.232. The van der Waals surface area contributed by atoms with E-state index in [2.05, 4.69) is 21.5 Å². The number of anilines is 1. The van der Waals surface area contributed by atoms with Gasteiger partial charge in [-0.05, 0) is 18.6 Å². The summed E-state index contributed by atoms with van der Waals surface area (Å²) in [5.41, 5.74) is 1.86. The number of para-hydroxylation sites is 1. The van der Waals surface area contributed by atoms with Crippen LogP contribution in [0.25, 0.3) is 16.6 Å². The molecule has 3 heterocycles. The lowest BCUT2D eigenvalue weighted by atomic mass is 10.1. The highest BCUT2D eigenvalue weighted by atomic mass is 16.2. The quantitative estimate of drug-likeness (QED) is 0.743. The minimum Gasteiger partial charge on any atom is -0.310 e. The summed E-state index contributed by atoms with van der Waals surface area (Å²) < 4.78 is 1.87. The highest BCUT2D eigenvalue weighted by Gasteiger charge is 2.28. The summed E-state index contributed by atoms with van der Waals surface area (Å²) in [6, 6.07) is 9.79. The van der Waals surface area contributed by atoms with E-state index >= 15 is 0 Å². The first-order valence-corrected chi connectivity index (χ1v) is 8.08. The highest BCUT2D eigenvalue weighted by Crippen LogP contribution is 2.22. The van der Waals surface area contributed by atoms with Crippen LogP contribution in [0, 0.1) is 17.4 Å². The molecule has 0 aliphatic carbocycles. The Balaban J connectivity index is 1.54. The number of benzene rings is 1. The van der Waals surface area contributed by atoms with Crippen LogP contribution in [0.4, 0.5) is 5.82 Å². The molecule has 1 fully saturated rings. The number of rotatable bonds is 3. The lowest BCUT2D eigenvalue weighted by molar-refractivity contribution is -0.119. The highest BCUT2D eigenvalue weighted by molar-refractivity contribution is 5.92. The number of nitriles is 1. The lowest BCUT2D eigenvalue weighted by Gasteiger charge is -2.09. The fourth-order valence-corrected chi connectivity index (χ4v) is 3.12. The van der Waals surface area contributed by atoms with Crippen molar-refractivity contribution in [1.82, 2.24) is 19.4 Å². The molecule has 4 rings (SSSR count). The SMILES string of the molecule is N#CN1CCC(C(=O)Nc2cn(-c3ccnc4ccccc34)cn2)C1. The smallest absolute Gasteiger partial charge is 0.230 e. The number of hydrogen-bond acceptors (Lipinski definition) is 5. The Morgan fingerprint density at radius 1 is 1.28 bits per heavy atom. The average molecular weight is 332 g/mol. The number of amides is 1. The van der Waals surface area contributed by atoms with Crippen molar-refractivity contribution < 1.29 is 4.79 Å². The summed E-state index contributed by atoms with van der Waals surface area (Å²) >= 11 is 0. The van der Waals surface area contributed by atoms with Gasteiger partial charge < -0.3 is 14.8 Å². The number of aromatic nitrogens is 3. The molecule has 1 aromatic carbocycles. The van der Waals surface area contributed by atoms with Gasteiger partial charge in [0.05, 0.1) is 23.3 Å². The molecule has 3 aromatic rings. The van der Waals surface area contributed by atoms with E-state index < -0.39 is 0 Å². The fourth-order valence-electron chi connectivity index (χ4n) is 3.12. The molecular formula is C18H16N6O. The van der Waals surface area contributed by atoms with Crippen molar-refractivity contribution in [3.05, 3.63) is 49.1 Å². The number of hydrogen-bond donors (Lipinski definition) is 1. The third-order valence-corrected chi connectivity index (χ3v) is 4.44. The summed E-state index contributed by atoms with van der Waals surface area (Å²) in [5, 5.41) is 12.8. The molecule has 1 atom stereocenters. The molecule has 1 aliphatic heterocycles. The third-order valence-electron chi connectivity index (χ3n) is 4.44. The summed E-state index contributed by atoms with van der Waals surface area (Å²) in [6.45, 7) is 1.10. The van der Waals surface area contributed by atoms with Crippen molar-refractivity contribution in [2.45, 2.75) is 6.42 Å². The Morgan fingerprint density at radius 2 is 2.16 bits per heavy atom. The van der Waals surface area contributed by atoms with E-state index in [0.29, 0.717) is 25.3 Å². The van der Waals surface area contributed by atoms with E-state index in [-0.39, 0.29) is 11.8 Å². The first kappa shape index (κ1) is 15.1. The first-order valence-electron chi connectivity index (χ1n) is 8.08. The number of nitrogens with zero attached hydrogens (tertiary/aromatic N) is 5. The predicted molar refractivity (Wildman–Crippen MR) is 92.8 cm³/mol.